The first-order valence-electron chi connectivity index (χ1n) is 9.27. The number of nitriles is 1. The molecule has 3 rings (SSSR count). The Bertz CT molecular complexity index is 1020. The fraction of sp³-hybridized carbons (Fsp3) is 0.227. The van der Waals surface area contributed by atoms with Gasteiger partial charge in [-0.05, 0) is 42.8 Å². The van der Waals surface area contributed by atoms with E-state index in [4.69, 9.17) is 9.47 Å². The zero-order valence-corrected chi connectivity index (χ0v) is 16.1. The van der Waals surface area contributed by atoms with Gasteiger partial charge in [0.05, 0.1) is 18.2 Å². The number of nitrogens with one attached hydrogen (secondary N) is 2. The van der Waals surface area contributed by atoms with Crippen molar-refractivity contribution in [1.29, 1.82) is 5.26 Å². The first-order chi connectivity index (χ1) is 14.2. The number of carbonyl (C=O) groups excluding carboxylic acids is 1. The van der Waals surface area contributed by atoms with Crippen molar-refractivity contribution in [2.24, 2.45) is 0 Å². The minimum atomic E-state index is -0.177. The molecule has 0 bridgehead atoms. The molecule has 1 aromatic heterocycles. The van der Waals surface area contributed by atoms with E-state index in [0.29, 0.717) is 36.6 Å². The van der Waals surface area contributed by atoms with Gasteiger partial charge >= 0.3 is 0 Å². The molecule has 148 valence electrons. The Hall–Kier alpha value is -3.79. The van der Waals surface area contributed by atoms with Gasteiger partial charge < -0.3 is 20.1 Å². The van der Waals surface area contributed by atoms with Gasteiger partial charge in [-0.2, -0.15) is 5.26 Å². The summed E-state index contributed by atoms with van der Waals surface area (Å²) in [6.07, 6.45) is 0.685. The van der Waals surface area contributed by atoms with E-state index in [9.17, 15) is 10.1 Å². The van der Waals surface area contributed by atoms with Crippen LogP contribution in [0.15, 0.2) is 54.6 Å². The Kier molecular flexibility index (Phi) is 6.85. The normalized spacial score (nSPS) is 10.2. The number of hydrogen-bond acceptors (Lipinski definition) is 6. The average Bonchev–Trinajstić information content (AvgIpc) is 2.77. The molecular weight excluding hydrogens is 368 g/mol. The second kappa shape index (κ2) is 9.95. The third-order valence-corrected chi connectivity index (χ3v) is 4.22. The Morgan fingerprint density at radius 3 is 2.69 bits per heavy atom. The third-order valence-electron chi connectivity index (χ3n) is 4.22. The van der Waals surface area contributed by atoms with Crippen LogP contribution in [-0.4, -0.2) is 37.7 Å². The van der Waals surface area contributed by atoms with Crippen LogP contribution in [0.4, 0.5) is 5.82 Å². The number of aromatic nitrogens is 1. The lowest BCUT2D eigenvalue weighted by molar-refractivity contribution is -0.123. The van der Waals surface area contributed by atoms with Gasteiger partial charge in [-0.25, -0.2) is 4.98 Å². The van der Waals surface area contributed by atoms with E-state index in [1.165, 1.54) is 0 Å². The van der Waals surface area contributed by atoms with E-state index in [-0.39, 0.29) is 12.5 Å². The zero-order chi connectivity index (χ0) is 20.5. The SMILES string of the molecule is COc1ccc2nc(NCCCNC(=O)COc3ccccc3)c(C#N)cc2c1. The highest BCUT2D eigenvalue weighted by Gasteiger charge is 2.08. The Balaban J connectivity index is 1.45. The van der Waals surface area contributed by atoms with Gasteiger partial charge in [0.1, 0.15) is 23.4 Å². The van der Waals surface area contributed by atoms with Crippen molar-refractivity contribution in [1.82, 2.24) is 10.3 Å². The van der Waals surface area contributed by atoms with Crippen molar-refractivity contribution >= 4 is 22.6 Å². The minimum absolute atomic E-state index is 0.0221. The molecule has 0 saturated heterocycles. The van der Waals surface area contributed by atoms with Crippen LogP contribution < -0.4 is 20.1 Å². The summed E-state index contributed by atoms with van der Waals surface area (Å²) >= 11 is 0. The second-order valence-electron chi connectivity index (χ2n) is 6.29. The topological polar surface area (TPSA) is 96.3 Å². The van der Waals surface area contributed by atoms with Crippen LogP contribution in [-0.2, 0) is 4.79 Å². The number of nitrogens with zero attached hydrogens (tertiary/aromatic N) is 2. The molecule has 7 nitrogen and oxygen atoms in total. The minimum Gasteiger partial charge on any atom is -0.497 e. The van der Waals surface area contributed by atoms with Crippen molar-refractivity contribution in [3.05, 3.63) is 60.2 Å². The number of pyridine rings is 1. The van der Waals surface area contributed by atoms with Crippen LogP contribution in [0.3, 0.4) is 0 Å². The summed E-state index contributed by atoms with van der Waals surface area (Å²) in [6, 6.07) is 18.7. The number of benzene rings is 2. The fourth-order valence-electron chi connectivity index (χ4n) is 2.74. The monoisotopic (exact) mass is 390 g/mol. The molecule has 0 spiro atoms. The third kappa shape index (κ3) is 5.59. The van der Waals surface area contributed by atoms with Gasteiger partial charge in [-0.1, -0.05) is 18.2 Å². The van der Waals surface area contributed by atoms with Crippen molar-refractivity contribution in [3.8, 4) is 17.6 Å². The van der Waals surface area contributed by atoms with E-state index in [2.05, 4.69) is 21.7 Å². The van der Waals surface area contributed by atoms with Gasteiger partial charge in [0.15, 0.2) is 6.61 Å². The molecule has 1 amide bonds. The van der Waals surface area contributed by atoms with Gasteiger partial charge in [0, 0.05) is 18.5 Å². The number of fused-ring (bicyclic) bond motifs is 1. The highest BCUT2D eigenvalue weighted by atomic mass is 16.5. The second-order valence-corrected chi connectivity index (χ2v) is 6.29. The fourth-order valence-corrected chi connectivity index (χ4v) is 2.74. The lowest BCUT2D eigenvalue weighted by atomic mass is 10.1. The summed E-state index contributed by atoms with van der Waals surface area (Å²) in [5, 5.41) is 16.2. The smallest absolute Gasteiger partial charge is 0.257 e. The predicted molar refractivity (Wildman–Crippen MR) is 111 cm³/mol. The molecule has 0 aliphatic heterocycles. The van der Waals surface area contributed by atoms with Crippen molar-refractivity contribution < 1.29 is 14.3 Å². The molecule has 0 aliphatic carbocycles. The van der Waals surface area contributed by atoms with E-state index in [1.54, 1.807) is 25.3 Å². The Labute approximate surface area is 169 Å². The first-order valence-corrected chi connectivity index (χ1v) is 9.27. The summed E-state index contributed by atoms with van der Waals surface area (Å²) in [5.74, 6) is 1.73. The maximum atomic E-state index is 11.8. The molecule has 0 saturated carbocycles. The van der Waals surface area contributed by atoms with Gasteiger partial charge in [0.25, 0.3) is 5.91 Å². The van der Waals surface area contributed by atoms with Gasteiger partial charge in [-0.3, -0.25) is 4.79 Å². The van der Waals surface area contributed by atoms with Crippen LogP contribution in [0.5, 0.6) is 11.5 Å². The molecule has 2 N–H and O–H groups in total. The van der Waals surface area contributed by atoms with Gasteiger partial charge in [0.2, 0.25) is 0 Å². The summed E-state index contributed by atoms with van der Waals surface area (Å²) in [4.78, 5) is 16.3. The average molecular weight is 390 g/mol. The lowest BCUT2D eigenvalue weighted by Crippen LogP contribution is -2.30. The molecule has 1 heterocycles. The predicted octanol–water partition coefficient (Wildman–Crippen LogP) is 3.11. The number of anilines is 1. The van der Waals surface area contributed by atoms with Crippen LogP contribution in [0, 0.1) is 11.3 Å². The largest absolute Gasteiger partial charge is 0.497 e. The van der Waals surface area contributed by atoms with Crippen molar-refractivity contribution in [2.75, 3.05) is 32.1 Å². The molecule has 29 heavy (non-hydrogen) atoms. The number of hydrogen-bond donors (Lipinski definition) is 2. The number of ether oxygens (including phenoxy) is 2. The van der Waals surface area contributed by atoms with E-state index >= 15 is 0 Å². The van der Waals surface area contributed by atoms with Crippen molar-refractivity contribution in [2.45, 2.75) is 6.42 Å². The quantitative estimate of drug-likeness (QED) is 0.545. The maximum absolute atomic E-state index is 11.8. The van der Waals surface area contributed by atoms with E-state index in [0.717, 1.165) is 16.7 Å². The molecule has 0 radical (unpaired) electrons. The lowest BCUT2D eigenvalue weighted by Gasteiger charge is -2.10. The number of para-hydroxylation sites is 1. The molecule has 2 aromatic carbocycles. The molecule has 0 atom stereocenters. The molecule has 0 fully saturated rings. The highest BCUT2D eigenvalue weighted by Crippen LogP contribution is 2.24. The number of methoxy groups -OCH3 is 1. The van der Waals surface area contributed by atoms with E-state index < -0.39 is 0 Å². The highest BCUT2D eigenvalue weighted by molar-refractivity contribution is 5.84. The molecule has 0 unspecified atom stereocenters. The van der Waals surface area contributed by atoms with E-state index in [1.807, 2.05) is 36.4 Å². The first kappa shape index (κ1) is 20.0. The van der Waals surface area contributed by atoms with Crippen LogP contribution >= 0.6 is 0 Å². The Morgan fingerprint density at radius 1 is 1.10 bits per heavy atom. The standard InChI is InChI=1S/C22H22N4O3/c1-28-19-8-9-20-16(13-19)12-17(14-23)22(26-20)25-11-5-10-24-21(27)15-29-18-6-3-2-4-7-18/h2-4,6-9,12-13H,5,10-11,15H2,1H3,(H,24,27)(H,25,26). The van der Waals surface area contributed by atoms with Crippen LogP contribution in [0.1, 0.15) is 12.0 Å². The molecule has 0 aliphatic rings. The maximum Gasteiger partial charge on any atom is 0.257 e. The van der Waals surface area contributed by atoms with Crippen molar-refractivity contribution in [3.63, 3.8) is 0 Å². The van der Waals surface area contributed by atoms with Crippen LogP contribution in [0.25, 0.3) is 10.9 Å². The summed E-state index contributed by atoms with van der Waals surface area (Å²) < 4.78 is 10.6. The number of amides is 1. The molecule has 7 heteroatoms. The van der Waals surface area contributed by atoms with Gasteiger partial charge in [-0.15, -0.1) is 0 Å². The number of carbonyl (C=O) groups is 1. The van der Waals surface area contributed by atoms with Crippen LogP contribution in [0.2, 0.25) is 0 Å². The summed E-state index contributed by atoms with van der Waals surface area (Å²) in [5.41, 5.74) is 1.24. The zero-order valence-electron chi connectivity index (χ0n) is 16.1. The summed E-state index contributed by atoms with van der Waals surface area (Å²) in [7, 11) is 1.60. The summed E-state index contributed by atoms with van der Waals surface area (Å²) in [6.45, 7) is 1.05. The number of rotatable bonds is 9. The molecule has 3 aromatic rings. The molecular formula is C22H22N4O3. The Morgan fingerprint density at radius 2 is 1.93 bits per heavy atom.